The highest BCUT2D eigenvalue weighted by Crippen LogP contribution is 2.25. The van der Waals surface area contributed by atoms with Crippen LogP contribution in [0.1, 0.15) is 37.2 Å². The van der Waals surface area contributed by atoms with E-state index < -0.39 is 0 Å². The molecule has 0 bridgehead atoms. The van der Waals surface area contributed by atoms with Crippen LogP contribution in [-0.2, 0) is 20.9 Å². The van der Waals surface area contributed by atoms with E-state index in [0.717, 1.165) is 69.3 Å². The number of thiazole rings is 1. The van der Waals surface area contributed by atoms with Crippen LogP contribution in [0.4, 0.5) is 5.82 Å². The number of carbonyl (C=O) groups excluding carboxylic acids is 1. The molecule has 0 saturated carbocycles. The van der Waals surface area contributed by atoms with E-state index in [1.54, 1.807) is 23.0 Å². The van der Waals surface area contributed by atoms with Gasteiger partial charge in [-0.25, -0.2) is 15.0 Å². The van der Waals surface area contributed by atoms with Crippen LogP contribution >= 0.6 is 11.3 Å². The number of nitrogens with one attached hydrogen (secondary N) is 2. The van der Waals surface area contributed by atoms with Crippen molar-refractivity contribution in [2.45, 2.75) is 51.2 Å². The van der Waals surface area contributed by atoms with Gasteiger partial charge in [0.1, 0.15) is 11.6 Å². The van der Waals surface area contributed by atoms with Gasteiger partial charge in [-0.2, -0.15) is 0 Å². The lowest BCUT2D eigenvalue weighted by Gasteiger charge is -2.36. The number of rotatable bonds is 6. The minimum absolute atomic E-state index is 0.0228. The zero-order chi connectivity index (χ0) is 23.5. The highest BCUT2D eigenvalue weighted by atomic mass is 32.1. The van der Waals surface area contributed by atoms with Gasteiger partial charge in [-0.15, -0.1) is 11.3 Å². The summed E-state index contributed by atoms with van der Waals surface area (Å²) in [6, 6.07) is 2.62. The summed E-state index contributed by atoms with van der Waals surface area (Å²) in [6.07, 6.45) is 5.60. The molecule has 33 heavy (non-hydrogen) atoms. The van der Waals surface area contributed by atoms with Crippen molar-refractivity contribution in [3.05, 3.63) is 34.7 Å². The van der Waals surface area contributed by atoms with Crippen LogP contribution in [0, 0.1) is 12.8 Å². The Kier molecular flexibility index (Phi) is 9.98. The lowest BCUT2D eigenvalue weighted by Crippen LogP contribution is -2.47. The average Bonchev–Trinajstić information content (AvgIpc) is 3.25. The van der Waals surface area contributed by atoms with Crippen molar-refractivity contribution in [3.8, 4) is 0 Å². The fourth-order valence-electron chi connectivity index (χ4n) is 4.30. The second-order valence-corrected chi connectivity index (χ2v) is 8.92. The van der Waals surface area contributed by atoms with Crippen molar-refractivity contribution < 1.29 is 19.4 Å². The molecule has 3 N–H and O–H groups in total. The van der Waals surface area contributed by atoms with Crippen LogP contribution in [0.2, 0.25) is 0 Å². The molecule has 2 aliphatic heterocycles. The first-order valence-electron chi connectivity index (χ1n) is 11.2. The van der Waals surface area contributed by atoms with Crippen molar-refractivity contribution in [3.63, 3.8) is 0 Å². The van der Waals surface area contributed by atoms with Crippen molar-refractivity contribution >= 4 is 29.5 Å². The highest BCUT2D eigenvalue weighted by molar-refractivity contribution is 7.07. The number of likely N-dealkylation sites (tertiary alicyclic amines) is 1. The minimum Gasteiger partial charge on any atom is -0.483 e. The number of amides is 1. The number of hydrogen-bond acceptors (Lipinski definition) is 9. The number of hydrogen-bond donors (Lipinski definition) is 3. The third-order valence-electron chi connectivity index (χ3n) is 5.91. The zero-order valence-electron chi connectivity index (χ0n) is 18.9. The maximum atomic E-state index is 13.0. The van der Waals surface area contributed by atoms with Crippen LogP contribution in [0.25, 0.3) is 0 Å². The van der Waals surface area contributed by atoms with Crippen molar-refractivity contribution in [2.75, 3.05) is 31.6 Å². The SMILES string of the molecule is Cc1nccc(N[C@H]2CC[C@@H](C(=O)NCc3cscn3)CN(C3CCOCC3)C2)n1.O=CO. The summed E-state index contributed by atoms with van der Waals surface area (Å²) in [5, 5.41) is 15.5. The van der Waals surface area contributed by atoms with Gasteiger partial charge in [-0.05, 0) is 38.7 Å². The fourth-order valence-corrected chi connectivity index (χ4v) is 4.86. The van der Waals surface area contributed by atoms with Gasteiger partial charge in [-0.1, -0.05) is 0 Å². The number of nitrogens with zero attached hydrogens (tertiary/aromatic N) is 4. The van der Waals surface area contributed by atoms with Gasteiger partial charge in [0.2, 0.25) is 5.91 Å². The molecule has 0 aromatic carbocycles. The predicted octanol–water partition coefficient (Wildman–Crippen LogP) is 1.93. The normalized spacial score (nSPS) is 21.8. The van der Waals surface area contributed by atoms with Gasteiger partial charge >= 0.3 is 0 Å². The molecule has 4 heterocycles. The van der Waals surface area contributed by atoms with E-state index >= 15 is 0 Å². The number of carbonyl (C=O) groups is 2. The maximum Gasteiger partial charge on any atom is 0.290 e. The highest BCUT2D eigenvalue weighted by Gasteiger charge is 2.32. The Morgan fingerprint density at radius 3 is 2.76 bits per heavy atom. The van der Waals surface area contributed by atoms with E-state index in [1.165, 1.54) is 0 Å². The molecule has 1 amide bonds. The molecule has 0 aliphatic carbocycles. The van der Waals surface area contributed by atoms with Crippen molar-refractivity contribution in [1.82, 2.24) is 25.2 Å². The molecule has 2 atom stereocenters. The average molecular weight is 477 g/mol. The van der Waals surface area contributed by atoms with Crippen LogP contribution in [-0.4, -0.2) is 75.7 Å². The largest absolute Gasteiger partial charge is 0.483 e. The summed E-state index contributed by atoms with van der Waals surface area (Å²) in [5.41, 5.74) is 2.72. The van der Waals surface area contributed by atoms with E-state index in [1.807, 2.05) is 18.4 Å². The van der Waals surface area contributed by atoms with Crippen LogP contribution in [0.3, 0.4) is 0 Å². The van der Waals surface area contributed by atoms with Gasteiger partial charge in [-0.3, -0.25) is 14.5 Å². The molecule has 180 valence electrons. The number of aryl methyl sites for hydroxylation is 1. The number of ether oxygens (including phenoxy) is 1. The second-order valence-electron chi connectivity index (χ2n) is 8.21. The molecule has 10 nitrogen and oxygen atoms in total. The zero-order valence-corrected chi connectivity index (χ0v) is 19.7. The van der Waals surface area contributed by atoms with E-state index in [2.05, 4.69) is 30.5 Å². The molecule has 2 fully saturated rings. The minimum atomic E-state index is -0.250. The van der Waals surface area contributed by atoms with E-state index in [-0.39, 0.29) is 24.3 Å². The first kappa shape index (κ1) is 25.0. The third kappa shape index (κ3) is 8.02. The lowest BCUT2D eigenvalue weighted by atomic mass is 10.00. The molecular weight excluding hydrogens is 444 g/mol. The van der Waals surface area contributed by atoms with Crippen LogP contribution in [0.15, 0.2) is 23.2 Å². The lowest BCUT2D eigenvalue weighted by molar-refractivity contribution is -0.126. The Bertz CT molecular complexity index is 862. The van der Waals surface area contributed by atoms with Gasteiger partial charge in [0.05, 0.1) is 23.7 Å². The second kappa shape index (κ2) is 13.2. The van der Waals surface area contributed by atoms with E-state index in [0.29, 0.717) is 12.6 Å². The standard InChI is InChI=1S/C21H30N6O2S.CH2O2/c1-15-22-7-4-20(25-15)26-17-3-2-16(21(28)23-10-18-13-30-14-24-18)11-27(12-17)19-5-8-29-9-6-19;2-1-3/h4,7,13-14,16-17,19H,2-3,5-6,8-12H2,1H3,(H,23,28)(H,22,25,26);1H,(H,2,3)/t16-,17+;/m1./s1. The Labute approximate surface area is 197 Å². The summed E-state index contributed by atoms with van der Waals surface area (Å²) in [4.78, 5) is 36.8. The van der Waals surface area contributed by atoms with Gasteiger partial charge in [0.15, 0.2) is 0 Å². The Morgan fingerprint density at radius 1 is 1.27 bits per heavy atom. The Morgan fingerprint density at radius 2 is 2.06 bits per heavy atom. The number of aromatic nitrogens is 3. The smallest absolute Gasteiger partial charge is 0.290 e. The summed E-state index contributed by atoms with van der Waals surface area (Å²) in [5.74, 6) is 1.71. The van der Waals surface area contributed by atoms with Crippen LogP contribution in [0.5, 0.6) is 0 Å². The third-order valence-corrected chi connectivity index (χ3v) is 6.54. The summed E-state index contributed by atoms with van der Waals surface area (Å²) in [7, 11) is 0. The summed E-state index contributed by atoms with van der Waals surface area (Å²) < 4.78 is 5.57. The first-order valence-corrected chi connectivity index (χ1v) is 12.1. The Balaban J connectivity index is 0.000000968. The molecule has 2 aromatic heterocycles. The van der Waals surface area contributed by atoms with Gasteiger partial charge in [0.25, 0.3) is 6.47 Å². The molecule has 0 spiro atoms. The van der Waals surface area contributed by atoms with E-state index in [9.17, 15) is 4.79 Å². The predicted molar refractivity (Wildman–Crippen MR) is 125 cm³/mol. The molecule has 2 aromatic rings. The van der Waals surface area contributed by atoms with Crippen molar-refractivity contribution in [1.29, 1.82) is 0 Å². The first-order chi connectivity index (χ1) is 16.1. The quantitative estimate of drug-likeness (QED) is 0.535. The number of anilines is 1. The summed E-state index contributed by atoms with van der Waals surface area (Å²) >= 11 is 1.55. The molecule has 0 radical (unpaired) electrons. The van der Waals surface area contributed by atoms with Crippen molar-refractivity contribution in [2.24, 2.45) is 5.92 Å². The topological polar surface area (TPSA) is 130 Å². The summed E-state index contributed by atoms with van der Waals surface area (Å²) in [6.45, 7) is 5.43. The van der Waals surface area contributed by atoms with Gasteiger partial charge < -0.3 is 20.5 Å². The fraction of sp³-hybridized carbons (Fsp3) is 0.591. The molecule has 4 rings (SSSR count). The molecule has 2 aliphatic rings. The van der Waals surface area contributed by atoms with Gasteiger partial charge in [0, 0.05) is 50.0 Å². The van der Waals surface area contributed by atoms with Crippen LogP contribution < -0.4 is 10.6 Å². The molecular formula is C22H32N6O4S. The molecule has 2 saturated heterocycles. The molecule has 0 unspecified atom stereocenters. The van der Waals surface area contributed by atoms with E-state index in [4.69, 9.17) is 14.6 Å². The molecule has 11 heteroatoms. The Hall–Kier alpha value is -2.63. The monoisotopic (exact) mass is 476 g/mol. The maximum absolute atomic E-state index is 13.0. The number of carboxylic acid groups (broad SMARTS) is 1.